The van der Waals surface area contributed by atoms with E-state index in [4.69, 9.17) is 4.84 Å². The highest BCUT2D eigenvalue weighted by atomic mass is 16.6. The highest BCUT2D eigenvalue weighted by molar-refractivity contribution is 6.03. The topological polar surface area (TPSA) is 37.2 Å². The van der Waals surface area contributed by atoms with Crippen molar-refractivity contribution in [3.63, 3.8) is 0 Å². The second kappa shape index (κ2) is 7.09. The van der Waals surface area contributed by atoms with Gasteiger partial charge in [0, 0.05) is 26.1 Å². The lowest BCUT2D eigenvalue weighted by Gasteiger charge is -2.12. The molecule has 0 fully saturated rings. The van der Waals surface area contributed by atoms with Crippen LogP contribution in [0.5, 0.6) is 0 Å². The predicted molar refractivity (Wildman–Crippen MR) is 104 cm³/mol. The second-order valence-corrected chi connectivity index (χ2v) is 6.85. The molecule has 1 atom stereocenters. The Bertz CT molecular complexity index is 837. The number of aliphatic imine (C=N–C) groups is 1. The first-order valence-corrected chi connectivity index (χ1v) is 8.56. The first-order chi connectivity index (χ1) is 12.0. The molecule has 0 spiro atoms. The summed E-state index contributed by atoms with van der Waals surface area (Å²) in [5.41, 5.74) is 7.91. The van der Waals surface area contributed by atoms with Crippen molar-refractivity contribution in [1.29, 1.82) is 0 Å². The Hall–Kier alpha value is -2.62. The number of hydrogen-bond acceptors (Lipinski definition) is 3. The third-order valence-electron chi connectivity index (χ3n) is 4.49. The molecule has 0 N–H and O–H groups in total. The average molecular weight is 335 g/mol. The Morgan fingerprint density at radius 1 is 1.08 bits per heavy atom. The van der Waals surface area contributed by atoms with Gasteiger partial charge in [-0.05, 0) is 55.2 Å². The SMILES string of the molecule is Cc1cc(C2=NOC(c3ccccc3C)C2)c(C)cc1N=CN(C)C. The van der Waals surface area contributed by atoms with Gasteiger partial charge in [-0.3, -0.25) is 0 Å². The lowest BCUT2D eigenvalue weighted by atomic mass is 9.94. The zero-order chi connectivity index (χ0) is 18.0. The minimum absolute atomic E-state index is 0.00217. The Balaban J connectivity index is 1.84. The van der Waals surface area contributed by atoms with Gasteiger partial charge in [0.1, 0.15) is 0 Å². The Kier molecular flexibility index (Phi) is 4.88. The van der Waals surface area contributed by atoms with Crippen LogP contribution in [0, 0.1) is 20.8 Å². The fourth-order valence-corrected chi connectivity index (χ4v) is 3.08. The van der Waals surface area contributed by atoms with Gasteiger partial charge in [0.15, 0.2) is 6.10 Å². The summed E-state index contributed by atoms with van der Waals surface area (Å²) < 4.78 is 0. The Morgan fingerprint density at radius 3 is 2.56 bits per heavy atom. The third kappa shape index (κ3) is 3.73. The molecule has 0 amide bonds. The lowest BCUT2D eigenvalue weighted by Crippen LogP contribution is -2.07. The zero-order valence-electron chi connectivity index (χ0n) is 15.6. The van der Waals surface area contributed by atoms with E-state index >= 15 is 0 Å². The van der Waals surface area contributed by atoms with E-state index in [2.05, 4.69) is 67.3 Å². The van der Waals surface area contributed by atoms with E-state index in [9.17, 15) is 0 Å². The minimum Gasteiger partial charge on any atom is -0.387 e. The molecule has 1 heterocycles. The van der Waals surface area contributed by atoms with Crippen LogP contribution in [0.15, 0.2) is 46.5 Å². The number of aryl methyl sites for hydroxylation is 3. The summed E-state index contributed by atoms with van der Waals surface area (Å²) in [6.07, 6.45) is 2.62. The van der Waals surface area contributed by atoms with Gasteiger partial charge in [0.2, 0.25) is 0 Å². The van der Waals surface area contributed by atoms with Gasteiger partial charge in [-0.25, -0.2) is 4.99 Å². The number of oxime groups is 1. The third-order valence-corrected chi connectivity index (χ3v) is 4.49. The smallest absolute Gasteiger partial charge is 0.158 e. The fourth-order valence-electron chi connectivity index (χ4n) is 3.08. The van der Waals surface area contributed by atoms with Crippen LogP contribution >= 0.6 is 0 Å². The minimum atomic E-state index is 0.00217. The molecule has 3 rings (SSSR count). The van der Waals surface area contributed by atoms with E-state index in [-0.39, 0.29) is 6.10 Å². The van der Waals surface area contributed by atoms with Gasteiger partial charge in [-0.1, -0.05) is 29.4 Å². The summed E-state index contributed by atoms with van der Waals surface area (Å²) in [6.45, 7) is 6.30. The molecular formula is C21H25N3O. The molecule has 130 valence electrons. The van der Waals surface area contributed by atoms with Crippen LogP contribution in [-0.2, 0) is 4.84 Å². The molecular weight excluding hydrogens is 310 g/mol. The molecule has 0 radical (unpaired) electrons. The van der Waals surface area contributed by atoms with E-state index in [1.165, 1.54) is 16.7 Å². The van der Waals surface area contributed by atoms with Crippen molar-refractivity contribution in [1.82, 2.24) is 4.90 Å². The molecule has 1 unspecified atom stereocenters. The summed E-state index contributed by atoms with van der Waals surface area (Å²) in [5, 5.41) is 4.38. The molecule has 0 bridgehead atoms. The highest BCUT2D eigenvalue weighted by Gasteiger charge is 2.26. The number of rotatable bonds is 4. The first-order valence-electron chi connectivity index (χ1n) is 8.56. The summed E-state index contributed by atoms with van der Waals surface area (Å²) in [5.74, 6) is 0. The van der Waals surface area contributed by atoms with Crippen LogP contribution in [0.1, 0.15) is 40.3 Å². The van der Waals surface area contributed by atoms with E-state index < -0.39 is 0 Å². The van der Waals surface area contributed by atoms with Crippen LogP contribution < -0.4 is 0 Å². The molecule has 0 aromatic heterocycles. The molecule has 2 aromatic carbocycles. The fraction of sp³-hybridized carbons (Fsp3) is 0.333. The summed E-state index contributed by atoms with van der Waals surface area (Å²) in [7, 11) is 3.94. The molecule has 2 aromatic rings. The first kappa shape index (κ1) is 17.2. The highest BCUT2D eigenvalue weighted by Crippen LogP contribution is 2.33. The van der Waals surface area contributed by atoms with Crippen molar-refractivity contribution in [2.24, 2.45) is 10.1 Å². The van der Waals surface area contributed by atoms with Gasteiger partial charge in [0.25, 0.3) is 0 Å². The summed E-state index contributed by atoms with van der Waals surface area (Å²) in [4.78, 5) is 12.2. The van der Waals surface area contributed by atoms with E-state index in [0.29, 0.717) is 0 Å². The van der Waals surface area contributed by atoms with Gasteiger partial charge >= 0.3 is 0 Å². The van der Waals surface area contributed by atoms with Crippen LogP contribution in [0.25, 0.3) is 0 Å². The monoisotopic (exact) mass is 335 g/mol. The van der Waals surface area contributed by atoms with Crippen molar-refractivity contribution < 1.29 is 4.84 Å². The predicted octanol–water partition coefficient (Wildman–Crippen LogP) is 4.70. The van der Waals surface area contributed by atoms with Gasteiger partial charge in [-0.2, -0.15) is 0 Å². The van der Waals surface area contributed by atoms with Crippen molar-refractivity contribution in [2.75, 3.05) is 14.1 Å². The largest absolute Gasteiger partial charge is 0.387 e. The summed E-state index contributed by atoms with van der Waals surface area (Å²) >= 11 is 0. The van der Waals surface area contributed by atoms with Gasteiger partial charge < -0.3 is 9.74 Å². The van der Waals surface area contributed by atoms with E-state index in [1.807, 2.05) is 25.3 Å². The Labute approximate surface area is 149 Å². The molecule has 0 saturated heterocycles. The van der Waals surface area contributed by atoms with E-state index in [0.717, 1.165) is 28.9 Å². The van der Waals surface area contributed by atoms with Crippen LogP contribution in [0.3, 0.4) is 0 Å². The molecule has 0 aliphatic carbocycles. The standard InChI is InChI=1S/C21H25N3O/c1-14-8-6-7-9-17(14)21-12-20(23-25-21)18-10-16(3)19(11-15(18)2)22-13-24(4)5/h6-11,13,21H,12H2,1-5H3. The van der Waals surface area contributed by atoms with Crippen LogP contribution in [-0.4, -0.2) is 31.0 Å². The summed E-state index contributed by atoms with van der Waals surface area (Å²) in [6, 6.07) is 12.6. The van der Waals surface area contributed by atoms with Gasteiger partial charge in [0.05, 0.1) is 17.7 Å². The lowest BCUT2D eigenvalue weighted by molar-refractivity contribution is 0.0853. The molecule has 4 nitrogen and oxygen atoms in total. The number of hydrogen-bond donors (Lipinski definition) is 0. The van der Waals surface area contributed by atoms with Crippen molar-refractivity contribution >= 4 is 17.7 Å². The molecule has 0 saturated carbocycles. The number of benzene rings is 2. The molecule has 4 heteroatoms. The maximum Gasteiger partial charge on any atom is 0.158 e. The van der Waals surface area contributed by atoms with E-state index in [1.54, 1.807) is 0 Å². The van der Waals surface area contributed by atoms with Crippen LogP contribution in [0.4, 0.5) is 5.69 Å². The second-order valence-electron chi connectivity index (χ2n) is 6.85. The van der Waals surface area contributed by atoms with Crippen LogP contribution in [0.2, 0.25) is 0 Å². The molecule has 1 aliphatic rings. The van der Waals surface area contributed by atoms with Crippen molar-refractivity contribution in [3.8, 4) is 0 Å². The maximum absolute atomic E-state index is 5.74. The van der Waals surface area contributed by atoms with Crippen molar-refractivity contribution in [2.45, 2.75) is 33.3 Å². The Morgan fingerprint density at radius 2 is 1.84 bits per heavy atom. The van der Waals surface area contributed by atoms with Gasteiger partial charge in [-0.15, -0.1) is 0 Å². The zero-order valence-corrected chi connectivity index (χ0v) is 15.6. The molecule has 25 heavy (non-hydrogen) atoms. The maximum atomic E-state index is 5.74. The van der Waals surface area contributed by atoms with Crippen molar-refractivity contribution in [3.05, 3.63) is 64.2 Å². The average Bonchev–Trinajstić information content (AvgIpc) is 3.05. The molecule has 1 aliphatic heterocycles. The quantitative estimate of drug-likeness (QED) is 0.600. The number of nitrogens with zero attached hydrogens (tertiary/aromatic N) is 3. The normalized spacial score (nSPS) is 16.8.